The molecule has 1 aliphatic heterocycles. The average Bonchev–Trinajstić information content (AvgIpc) is 2.12. The van der Waals surface area contributed by atoms with Crippen LogP contribution < -0.4 is 10.5 Å². The van der Waals surface area contributed by atoms with Crippen molar-refractivity contribution < 1.29 is 9.84 Å². The van der Waals surface area contributed by atoms with Crippen LogP contribution in [0.1, 0.15) is 11.6 Å². The predicted octanol–water partition coefficient (Wildman–Crippen LogP) is 1.20. The first-order valence-electron chi connectivity index (χ1n) is 4.05. The number of hydrogen-bond acceptors (Lipinski definition) is 3. The fraction of sp³-hybridized carbons (Fsp3) is 0.333. The molecule has 0 unspecified atom stereocenters. The Hall–Kier alpha value is -0.580. The third-order valence-corrected chi connectivity index (χ3v) is 2.79. The molecule has 2 atom stereocenters. The van der Waals surface area contributed by atoms with E-state index in [0.29, 0.717) is 0 Å². The van der Waals surface area contributed by atoms with Gasteiger partial charge in [0.15, 0.2) is 0 Å². The highest BCUT2D eigenvalue weighted by molar-refractivity contribution is 9.10. The van der Waals surface area contributed by atoms with Gasteiger partial charge in [0.05, 0.1) is 10.5 Å². The second-order valence-electron chi connectivity index (χ2n) is 3.06. The summed E-state index contributed by atoms with van der Waals surface area (Å²) in [6.07, 6.45) is -0.609. The highest BCUT2D eigenvalue weighted by Gasteiger charge is 2.27. The van der Waals surface area contributed by atoms with Gasteiger partial charge in [-0.3, -0.25) is 0 Å². The highest BCUT2D eigenvalue weighted by atomic mass is 79.9. The monoisotopic (exact) mass is 243 g/mol. The molecule has 3 N–H and O–H groups in total. The van der Waals surface area contributed by atoms with Gasteiger partial charge in [-0.05, 0) is 22.0 Å². The Labute approximate surface area is 84.6 Å². The molecule has 70 valence electrons. The Morgan fingerprint density at radius 1 is 1.54 bits per heavy atom. The minimum absolute atomic E-state index is 0.261. The summed E-state index contributed by atoms with van der Waals surface area (Å²) in [6.45, 7) is 0.261. The fourth-order valence-electron chi connectivity index (χ4n) is 1.42. The molecule has 3 nitrogen and oxygen atoms in total. The summed E-state index contributed by atoms with van der Waals surface area (Å²) in [5, 5.41) is 9.45. The SMILES string of the molecule is N[C@H]1c2cccc(Br)c2OC[C@H]1O. The summed E-state index contributed by atoms with van der Waals surface area (Å²) in [5.41, 5.74) is 6.66. The zero-order chi connectivity index (χ0) is 9.42. The number of hydrogen-bond donors (Lipinski definition) is 2. The summed E-state index contributed by atoms with van der Waals surface area (Å²) < 4.78 is 6.24. The van der Waals surface area contributed by atoms with Gasteiger partial charge in [-0.15, -0.1) is 0 Å². The van der Waals surface area contributed by atoms with Gasteiger partial charge in [-0.2, -0.15) is 0 Å². The number of para-hydroxylation sites is 1. The van der Waals surface area contributed by atoms with Crippen molar-refractivity contribution in [3.05, 3.63) is 28.2 Å². The van der Waals surface area contributed by atoms with Crippen molar-refractivity contribution in [3.63, 3.8) is 0 Å². The first kappa shape index (κ1) is 8.99. The second kappa shape index (κ2) is 3.29. The molecule has 0 aliphatic carbocycles. The number of aliphatic hydroxyl groups excluding tert-OH is 1. The number of benzene rings is 1. The molecule has 13 heavy (non-hydrogen) atoms. The number of aliphatic hydroxyl groups is 1. The quantitative estimate of drug-likeness (QED) is 0.721. The molecule has 1 heterocycles. The van der Waals surface area contributed by atoms with Crippen molar-refractivity contribution in [2.45, 2.75) is 12.1 Å². The lowest BCUT2D eigenvalue weighted by atomic mass is 9.99. The van der Waals surface area contributed by atoms with Gasteiger partial charge in [-0.1, -0.05) is 12.1 Å². The number of nitrogens with two attached hydrogens (primary N) is 1. The van der Waals surface area contributed by atoms with Crippen molar-refractivity contribution in [2.75, 3.05) is 6.61 Å². The molecule has 0 aromatic heterocycles. The molecule has 0 bridgehead atoms. The Kier molecular flexibility index (Phi) is 2.27. The van der Waals surface area contributed by atoms with E-state index < -0.39 is 6.10 Å². The lowest BCUT2D eigenvalue weighted by molar-refractivity contribution is 0.0674. The predicted molar refractivity (Wildman–Crippen MR) is 52.6 cm³/mol. The van der Waals surface area contributed by atoms with Crippen LogP contribution in [-0.4, -0.2) is 17.8 Å². The third-order valence-electron chi connectivity index (χ3n) is 2.17. The number of ether oxygens (including phenoxy) is 1. The van der Waals surface area contributed by atoms with Crippen molar-refractivity contribution >= 4 is 15.9 Å². The molecule has 0 spiro atoms. The Morgan fingerprint density at radius 3 is 3.08 bits per heavy atom. The number of rotatable bonds is 0. The third kappa shape index (κ3) is 1.45. The van der Waals surface area contributed by atoms with Crippen LogP contribution in [0.15, 0.2) is 22.7 Å². The largest absolute Gasteiger partial charge is 0.489 e. The summed E-state index contributed by atoms with van der Waals surface area (Å²) in [4.78, 5) is 0. The van der Waals surface area contributed by atoms with Crippen LogP contribution in [0.25, 0.3) is 0 Å². The van der Waals surface area contributed by atoms with E-state index in [9.17, 15) is 5.11 Å². The molecular formula is C9H10BrNO2. The zero-order valence-electron chi connectivity index (χ0n) is 6.90. The van der Waals surface area contributed by atoms with Crippen molar-refractivity contribution in [2.24, 2.45) is 5.73 Å². The van der Waals surface area contributed by atoms with Crippen LogP contribution in [-0.2, 0) is 0 Å². The molecule has 0 saturated carbocycles. The van der Waals surface area contributed by atoms with Crippen molar-refractivity contribution in [1.29, 1.82) is 0 Å². The smallest absolute Gasteiger partial charge is 0.138 e. The van der Waals surface area contributed by atoms with E-state index in [1.807, 2.05) is 18.2 Å². The zero-order valence-corrected chi connectivity index (χ0v) is 8.49. The Morgan fingerprint density at radius 2 is 2.31 bits per heavy atom. The highest BCUT2D eigenvalue weighted by Crippen LogP contribution is 2.36. The maximum absolute atomic E-state index is 9.45. The van der Waals surface area contributed by atoms with Crippen molar-refractivity contribution in [1.82, 2.24) is 0 Å². The van der Waals surface area contributed by atoms with E-state index >= 15 is 0 Å². The van der Waals surface area contributed by atoms with Gasteiger partial charge in [0, 0.05) is 5.56 Å². The van der Waals surface area contributed by atoms with Gasteiger partial charge in [0.1, 0.15) is 18.5 Å². The first-order valence-corrected chi connectivity index (χ1v) is 4.84. The summed E-state index contributed by atoms with van der Waals surface area (Å²) in [5.74, 6) is 0.750. The molecule has 0 amide bonds. The first-order chi connectivity index (χ1) is 6.20. The number of halogens is 1. The molecule has 0 radical (unpaired) electrons. The van der Waals surface area contributed by atoms with E-state index in [2.05, 4.69) is 15.9 Å². The molecule has 0 fully saturated rings. The Bertz CT molecular complexity index is 329. The minimum Gasteiger partial charge on any atom is -0.489 e. The van der Waals surface area contributed by atoms with Crippen LogP contribution in [0.4, 0.5) is 0 Å². The molecule has 1 aromatic carbocycles. The van der Waals surface area contributed by atoms with E-state index in [1.165, 1.54) is 0 Å². The molecule has 4 heteroatoms. The summed E-state index contributed by atoms with van der Waals surface area (Å²) in [7, 11) is 0. The van der Waals surface area contributed by atoms with Crippen LogP contribution in [0.2, 0.25) is 0 Å². The van der Waals surface area contributed by atoms with E-state index in [4.69, 9.17) is 10.5 Å². The Balaban J connectivity index is 2.49. The van der Waals surface area contributed by atoms with E-state index in [0.717, 1.165) is 15.8 Å². The molecule has 2 rings (SSSR count). The van der Waals surface area contributed by atoms with Gasteiger partial charge in [0.25, 0.3) is 0 Å². The number of fused-ring (bicyclic) bond motifs is 1. The minimum atomic E-state index is -0.609. The molecular weight excluding hydrogens is 234 g/mol. The maximum atomic E-state index is 9.45. The van der Waals surface area contributed by atoms with Crippen LogP contribution in [0, 0.1) is 0 Å². The lowest BCUT2D eigenvalue weighted by Gasteiger charge is -2.28. The van der Waals surface area contributed by atoms with E-state index in [1.54, 1.807) is 0 Å². The maximum Gasteiger partial charge on any atom is 0.138 e. The fourth-order valence-corrected chi connectivity index (χ4v) is 1.92. The van der Waals surface area contributed by atoms with Crippen LogP contribution >= 0.6 is 15.9 Å². The van der Waals surface area contributed by atoms with Gasteiger partial charge in [0.2, 0.25) is 0 Å². The summed E-state index contributed by atoms with van der Waals surface area (Å²) in [6, 6.07) is 5.29. The topological polar surface area (TPSA) is 55.5 Å². The van der Waals surface area contributed by atoms with Crippen LogP contribution in [0.3, 0.4) is 0 Å². The van der Waals surface area contributed by atoms with Gasteiger partial charge >= 0.3 is 0 Å². The van der Waals surface area contributed by atoms with E-state index in [-0.39, 0.29) is 12.6 Å². The van der Waals surface area contributed by atoms with Gasteiger partial charge in [-0.25, -0.2) is 0 Å². The van der Waals surface area contributed by atoms with Crippen LogP contribution in [0.5, 0.6) is 5.75 Å². The second-order valence-corrected chi connectivity index (χ2v) is 3.92. The normalized spacial score (nSPS) is 26.4. The van der Waals surface area contributed by atoms with Crippen molar-refractivity contribution in [3.8, 4) is 5.75 Å². The molecule has 0 saturated heterocycles. The van der Waals surface area contributed by atoms with Gasteiger partial charge < -0.3 is 15.6 Å². The lowest BCUT2D eigenvalue weighted by Crippen LogP contribution is -2.35. The average molecular weight is 244 g/mol. The molecule has 1 aromatic rings. The molecule has 1 aliphatic rings. The summed E-state index contributed by atoms with van der Waals surface area (Å²) >= 11 is 3.37. The standard InChI is InChI=1S/C9H10BrNO2/c10-6-3-1-2-5-8(11)7(12)4-13-9(5)6/h1-3,7-8,12H,4,11H2/t7-,8+/m1/s1.